The van der Waals surface area contributed by atoms with E-state index in [-0.39, 0.29) is 18.6 Å². The quantitative estimate of drug-likeness (QED) is 0.229. The number of rotatable bonds is 5. The summed E-state index contributed by atoms with van der Waals surface area (Å²) < 4.78 is 16.2. The molecule has 2 rings (SSSR count). The minimum atomic E-state index is -0.767. The summed E-state index contributed by atoms with van der Waals surface area (Å²) in [6.07, 6.45) is 5.59. The van der Waals surface area contributed by atoms with Crippen LogP contribution in [0.2, 0.25) is 0 Å². The van der Waals surface area contributed by atoms with E-state index in [0.29, 0.717) is 30.3 Å². The van der Waals surface area contributed by atoms with Crippen molar-refractivity contribution in [3.05, 3.63) is 47.1 Å². The highest BCUT2D eigenvalue weighted by Gasteiger charge is 2.44. The molecule has 7 nitrogen and oxygen atoms in total. The fraction of sp³-hybridized carbons (Fsp3) is 0.455. The maximum atomic E-state index is 12.2. The first-order chi connectivity index (χ1) is 13.8. The van der Waals surface area contributed by atoms with Crippen LogP contribution in [0.15, 0.2) is 47.1 Å². The molecule has 1 saturated heterocycles. The number of carbonyl (C=O) groups excluding carboxylic acids is 4. The Balaban J connectivity index is 2.36. The van der Waals surface area contributed by atoms with E-state index in [1.807, 2.05) is 0 Å². The molecule has 156 valence electrons. The van der Waals surface area contributed by atoms with Crippen LogP contribution < -0.4 is 0 Å². The monoisotopic (exact) mass is 402 g/mol. The van der Waals surface area contributed by atoms with Gasteiger partial charge >= 0.3 is 17.9 Å². The minimum absolute atomic E-state index is 0.0275. The first-order valence-electron chi connectivity index (χ1n) is 9.47. The molecule has 1 aliphatic heterocycles. The summed E-state index contributed by atoms with van der Waals surface area (Å²) in [5, 5.41) is 0. The van der Waals surface area contributed by atoms with Crippen molar-refractivity contribution in [1.82, 2.24) is 0 Å². The van der Waals surface area contributed by atoms with Crippen LogP contribution in [0.25, 0.3) is 0 Å². The van der Waals surface area contributed by atoms with Gasteiger partial charge < -0.3 is 14.2 Å². The highest BCUT2D eigenvalue weighted by molar-refractivity contribution is 5.91. The SMILES string of the molecule is C=C1C(=O)O[C@@H]2/C=C(\COC(=O)/C(C)=C\C)CC/C=C(/C=O)C[C@@H](OC(C)=O)[C@@H]12. The van der Waals surface area contributed by atoms with Crippen molar-refractivity contribution < 1.29 is 33.4 Å². The lowest BCUT2D eigenvalue weighted by Crippen LogP contribution is -2.33. The molecule has 0 spiro atoms. The lowest BCUT2D eigenvalue weighted by molar-refractivity contribution is -0.149. The van der Waals surface area contributed by atoms with Gasteiger partial charge in [-0.05, 0) is 43.9 Å². The number of aldehydes is 1. The van der Waals surface area contributed by atoms with Gasteiger partial charge in [0, 0.05) is 24.5 Å². The highest BCUT2D eigenvalue weighted by Crippen LogP contribution is 2.36. The number of carbonyl (C=O) groups is 4. The van der Waals surface area contributed by atoms with E-state index in [9.17, 15) is 19.2 Å². The molecule has 0 N–H and O–H groups in total. The lowest BCUT2D eigenvalue weighted by Gasteiger charge is -2.26. The highest BCUT2D eigenvalue weighted by atomic mass is 16.6. The molecular weight excluding hydrogens is 376 g/mol. The van der Waals surface area contributed by atoms with Crippen LogP contribution in [0.5, 0.6) is 0 Å². The molecule has 0 aromatic carbocycles. The second kappa shape index (κ2) is 10.0. The van der Waals surface area contributed by atoms with Crippen molar-refractivity contribution in [3.63, 3.8) is 0 Å². The molecule has 29 heavy (non-hydrogen) atoms. The standard InChI is InChI=1S/C22H26O7/c1-5-13(2)21(25)27-12-17-8-6-7-16(11-23)9-18(28-15(4)24)20-14(3)22(26)29-19(20)10-17/h5,7,10-11,18-20H,3,6,8-9,12H2,1-2,4H3/b13-5-,16-7+,17-10-/t18-,19-,20-/m1/s1. The van der Waals surface area contributed by atoms with Gasteiger partial charge in [0.2, 0.25) is 0 Å². The molecule has 1 aliphatic carbocycles. The Bertz CT molecular complexity index is 800. The molecule has 0 unspecified atom stereocenters. The van der Waals surface area contributed by atoms with Crippen LogP contribution in [0.3, 0.4) is 0 Å². The van der Waals surface area contributed by atoms with Crippen LogP contribution in [-0.2, 0) is 33.4 Å². The first-order valence-corrected chi connectivity index (χ1v) is 9.47. The van der Waals surface area contributed by atoms with Gasteiger partial charge in [-0.2, -0.15) is 0 Å². The fourth-order valence-electron chi connectivity index (χ4n) is 3.32. The van der Waals surface area contributed by atoms with Crippen LogP contribution >= 0.6 is 0 Å². The summed E-state index contributed by atoms with van der Waals surface area (Å²) in [7, 11) is 0. The maximum Gasteiger partial charge on any atom is 0.334 e. The molecule has 0 aromatic rings. The average Bonchev–Trinajstić information content (AvgIpc) is 2.96. The van der Waals surface area contributed by atoms with Crippen LogP contribution in [-0.4, -0.2) is 43.0 Å². The van der Waals surface area contributed by atoms with Gasteiger partial charge in [-0.1, -0.05) is 18.7 Å². The molecule has 2 aliphatic rings. The Hall–Kier alpha value is -2.96. The van der Waals surface area contributed by atoms with Crippen molar-refractivity contribution in [2.24, 2.45) is 5.92 Å². The summed E-state index contributed by atoms with van der Waals surface area (Å²) in [5.41, 5.74) is 1.88. The van der Waals surface area contributed by atoms with Gasteiger partial charge in [-0.25, -0.2) is 9.59 Å². The van der Waals surface area contributed by atoms with E-state index in [2.05, 4.69) is 6.58 Å². The van der Waals surface area contributed by atoms with E-state index in [4.69, 9.17) is 14.2 Å². The topological polar surface area (TPSA) is 96.0 Å². The minimum Gasteiger partial charge on any atom is -0.461 e. The average molecular weight is 402 g/mol. The number of ether oxygens (including phenoxy) is 3. The smallest absolute Gasteiger partial charge is 0.334 e. The molecular formula is C22H26O7. The van der Waals surface area contributed by atoms with Crippen molar-refractivity contribution in [2.75, 3.05) is 6.61 Å². The second-order valence-corrected chi connectivity index (χ2v) is 7.08. The largest absolute Gasteiger partial charge is 0.461 e. The number of fused-ring (bicyclic) bond motifs is 1. The van der Waals surface area contributed by atoms with Gasteiger partial charge in [-0.15, -0.1) is 0 Å². The molecule has 1 heterocycles. The Labute approximate surface area is 170 Å². The summed E-state index contributed by atoms with van der Waals surface area (Å²) >= 11 is 0. The summed E-state index contributed by atoms with van der Waals surface area (Å²) in [4.78, 5) is 47.2. The van der Waals surface area contributed by atoms with Gasteiger partial charge in [-0.3, -0.25) is 9.59 Å². The van der Waals surface area contributed by atoms with E-state index < -0.39 is 36.0 Å². The molecule has 0 saturated carbocycles. The Morgan fingerprint density at radius 1 is 1.34 bits per heavy atom. The lowest BCUT2D eigenvalue weighted by atomic mass is 9.85. The molecule has 0 radical (unpaired) electrons. The summed E-state index contributed by atoms with van der Waals surface area (Å²) in [6.45, 7) is 8.49. The molecule has 3 atom stereocenters. The summed E-state index contributed by atoms with van der Waals surface area (Å²) in [5.74, 6) is -2.17. The zero-order valence-electron chi connectivity index (χ0n) is 16.9. The van der Waals surface area contributed by atoms with E-state index in [1.54, 1.807) is 32.1 Å². The zero-order valence-corrected chi connectivity index (χ0v) is 16.9. The predicted molar refractivity (Wildman–Crippen MR) is 105 cm³/mol. The second-order valence-electron chi connectivity index (χ2n) is 7.08. The molecule has 7 heteroatoms. The Morgan fingerprint density at radius 2 is 2.07 bits per heavy atom. The first kappa shape index (κ1) is 22.3. The molecule has 0 bridgehead atoms. The third kappa shape index (κ3) is 5.76. The normalized spacial score (nSPS) is 28.8. The third-order valence-electron chi connectivity index (χ3n) is 4.98. The van der Waals surface area contributed by atoms with Crippen molar-refractivity contribution in [3.8, 4) is 0 Å². The van der Waals surface area contributed by atoms with E-state index >= 15 is 0 Å². The van der Waals surface area contributed by atoms with Crippen molar-refractivity contribution in [1.29, 1.82) is 0 Å². The van der Waals surface area contributed by atoms with Gasteiger partial charge in [0.15, 0.2) is 0 Å². The van der Waals surface area contributed by atoms with Crippen molar-refractivity contribution in [2.45, 2.75) is 52.2 Å². The van der Waals surface area contributed by atoms with Crippen molar-refractivity contribution >= 4 is 24.2 Å². The van der Waals surface area contributed by atoms with Crippen LogP contribution in [0.1, 0.15) is 40.0 Å². The van der Waals surface area contributed by atoms with E-state index in [1.165, 1.54) is 6.92 Å². The third-order valence-corrected chi connectivity index (χ3v) is 4.98. The Kier molecular flexibility index (Phi) is 7.70. The van der Waals surface area contributed by atoms with Gasteiger partial charge in [0.1, 0.15) is 25.1 Å². The van der Waals surface area contributed by atoms with Gasteiger partial charge in [0.05, 0.1) is 5.92 Å². The van der Waals surface area contributed by atoms with Crippen LogP contribution in [0.4, 0.5) is 0 Å². The Morgan fingerprint density at radius 3 is 2.69 bits per heavy atom. The number of hydrogen-bond acceptors (Lipinski definition) is 7. The predicted octanol–water partition coefficient (Wildman–Crippen LogP) is 2.76. The number of hydrogen-bond donors (Lipinski definition) is 0. The molecule has 0 aromatic heterocycles. The molecule has 0 amide bonds. The van der Waals surface area contributed by atoms with Gasteiger partial charge in [0.25, 0.3) is 0 Å². The number of allylic oxidation sites excluding steroid dienone is 2. The zero-order chi connectivity index (χ0) is 21.6. The molecule has 1 fully saturated rings. The number of esters is 3. The van der Waals surface area contributed by atoms with Crippen LogP contribution in [0, 0.1) is 5.92 Å². The van der Waals surface area contributed by atoms with E-state index in [0.717, 1.165) is 5.57 Å². The maximum absolute atomic E-state index is 12.2. The fourth-order valence-corrected chi connectivity index (χ4v) is 3.32. The summed E-state index contributed by atoms with van der Waals surface area (Å²) in [6, 6.07) is 0.